The Labute approximate surface area is 109 Å². The van der Waals surface area contributed by atoms with Crippen LogP contribution < -0.4 is 14.8 Å². The summed E-state index contributed by atoms with van der Waals surface area (Å²) in [5, 5.41) is 12.7. The van der Waals surface area contributed by atoms with Gasteiger partial charge in [0.1, 0.15) is 11.5 Å². The third kappa shape index (κ3) is 3.62. The zero-order valence-electron chi connectivity index (χ0n) is 11.8. The Hall–Kier alpha value is -1.26. The number of rotatable bonds is 6. The molecule has 0 radical (unpaired) electrons. The Morgan fingerprint density at radius 2 is 1.94 bits per heavy atom. The number of aliphatic hydroxyl groups is 1. The van der Waals surface area contributed by atoms with E-state index in [1.54, 1.807) is 14.2 Å². The standard InChI is InChI=1S/C14H23NO3/c1-10(15-14(2,3)9-16)12-8-11(17-4)6-7-13(12)18-5/h6-8,10,15-16H,9H2,1-5H3. The van der Waals surface area contributed by atoms with Crippen LogP contribution in [0.5, 0.6) is 11.5 Å². The molecule has 18 heavy (non-hydrogen) atoms. The van der Waals surface area contributed by atoms with Crippen LogP contribution in [0, 0.1) is 0 Å². The molecule has 0 aliphatic rings. The van der Waals surface area contributed by atoms with Crippen molar-refractivity contribution in [2.45, 2.75) is 32.4 Å². The molecule has 2 N–H and O–H groups in total. The van der Waals surface area contributed by atoms with Gasteiger partial charge in [-0.25, -0.2) is 0 Å². The Bertz CT molecular complexity index is 391. The minimum atomic E-state index is -0.340. The molecule has 0 saturated heterocycles. The summed E-state index contributed by atoms with van der Waals surface area (Å²) in [6.07, 6.45) is 0. The third-order valence-corrected chi connectivity index (χ3v) is 2.91. The van der Waals surface area contributed by atoms with Crippen molar-refractivity contribution in [3.63, 3.8) is 0 Å². The first kappa shape index (κ1) is 14.8. The summed E-state index contributed by atoms with van der Waals surface area (Å²) in [5.74, 6) is 1.60. The molecule has 0 aliphatic heterocycles. The maximum absolute atomic E-state index is 9.30. The van der Waals surface area contributed by atoms with Gasteiger partial charge >= 0.3 is 0 Å². The van der Waals surface area contributed by atoms with Crippen LogP contribution in [0.1, 0.15) is 32.4 Å². The summed E-state index contributed by atoms with van der Waals surface area (Å²) < 4.78 is 10.6. The Kier molecular flexibility index (Phi) is 4.99. The van der Waals surface area contributed by atoms with Gasteiger partial charge in [0, 0.05) is 17.1 Å². The minimum absolute atomic E-state index is 0.0530. The highest BCUT2D eigenvalue weighted by Crippen LogP contribution is 2.30. The van der Waals surface area contributed by atoms with E-state index in [-0.39, 0.29) is 18.2 Å². The second-order valence-corrected chi connectivity index (χ2v) is 5.02. The molecule has 1 rings (SSSR count). The van der Waals surface area contributed by atoms with Crippen molar-refractivity contribution in [2.75, 3.05) is 20.8 Å². The fourth-order valence-electron chi connectivity index (χ4n) is 1.89. The molecule has 0 amide bonds. The van der Waals surface area contributed by atoms with Gasteiger partial charge in [0.05, 0.1) is 20.8 Å². The Morgan fingerprint density at radius 1 is 1.28 bits per heavy atom. The average molecular weight is 253 g/mol. The molecule has 4 heteroatoms. The first-order chi connectivity index (χ1) is 8.43. The number of methoxy groups -OCH3 is 2. The topological polar surface area (TPSA) is 50.7 Å². The molecular weight excluding hydrogens is 230 g/mol. The van der Waals surface area contributed by atoms with Crippen LogP contribution in [0.2, 0.25) is 0 Å². The molecular formula is C14H23NO3. The fourth-order valence-corrected chi connectivity index (χ4v) is 1.89. The first-order valence-electron chi connectivity index (χ1n) is 6.04. The lowest BCUT2D eigenvalue weighted by Gasteiger charge is -2.29. The predicted molar refractivity (Wildman–Crippen MR) is 72.3 cm³/mol. The van der Waals surface area contributed by atoms with E-state index in [1.165, 1.54) is 0 Å². The van der Waals surface area contributed by atoms with E-state index in [2.05, 4.69) is 5.32 Å². The zero-order valence-corrected chi connectivity index (χ0v) is 11.8. The van der Waals surface area contributed by atoms with Crippen LogP contribution in [0.15, 0.2) is 18.2 Å². The molecule has 0 aromatic heterocycles. The predicted octanol–water partition coefficient (Wildman–Crippen LogP) is 2.13. The van der Waals surface area contributed by atoms with Crippen molar-refractivity contribution in [3.8, 4) is 11.5 Å². The normalized spacial score (nSPS) is 13.2. The third-order valence-electron chi connectivity index (χ3n) is 2.91. The first-order valence-corrected chi connectivity index (χ1v) is 6.04. The SMILES string of the molecule is COc1ccc(OC)c(C(C)NC(C)(C)CO)c1. The number of ether oxygens (including phenoxy) is 2. The van der Waals surface area contributed by atoms with Gasteiger partial charge in [0.25, 0.3) is 0 Å². The van der Waals surface area contributed by atoms with E-state index >= 15 is 0 Å². The molecule has 0 spiro atoms. The Morgan fingerprint density at radius 3 is 2.44 bits per heavy atom. The molecule has 1 unspecified atom stereocenters. The van der Waals surface area contributed by atoms with Crippen LogP contribution in [-0.4, -0.2) is 31.5 Å². The molecule has 0 fully saturated rings. The highest BCUT2D eigenvalue weighted by Gasteiger charge is 2.21. The van der Waals surface area contributed by atoms with Crippen molar-refractivity contribution in [1.29, 1.82) is 0 Å². The monoisotopic (exact) mass is 253 g/mol. The summed E-state index contributed by atoms with van der Waals surface area (Å²) in [6.45, 7) is 6.02. The van der Waals surface area contributed by atoms with Crippen LogP contribution in [-0.2, 0) is 0 Å². The van der Waals surface area contributed by atoms with Crippen molar-refractivity contribution < 1.29 is 14.6 Å². The van der Waals surface area contributed by atoms with Gasteiger partial charge in [0.15, 0.2) is 0 Å². The summed E-state index contributed by atoms with van der Waals surface area (Å²) >= 11 is 0. The molecule has 4 nitrogen and oxygen atoms in total. The summed E-state index contributed by atoms with van der Waals surface area (Å²) in [6, 6.07) is 5.76. The molecule has 1 aromatic rings. The van der Waals surface area contributed by atoms with Crippen molar-refractivity contribution in [3.05, 3.63) is 23.8 Å². The number of hydrogen-bond donors (Lipinski definition) is 2. The largest absolute Gasteiger partial charge is 0.497 e. The van der Waals surface area contributed by atoms with Gasteiger partial charge in [0.2, 0.25) is 0 Å². The van der Waals surface area contributed by atoms with E-state index in [0.717, 1.165) is 17.1 Å². The number of nitrogens with one attached hydrogen (secondary N) is 1. The van der Waals surface area contributed by atoms with Crippen LogP contribution >= 0.6 is 0 Å². The highest BCUT2D eigenvalue weighted by atomic mass is 16.5. The molecule has 0 saturated carbocycles. The van der Waals surface area contributed by atoms with E-state index < -0.39 is 0 Å². The van der Waals surface area contributed by atoms with E-state index in [4.69, 9.17) is 9.47 Å². The maximum Gasteiger partial charge on any atom is 0.123 e. The van der Waals surface area contributed by atoms with Crippen LogP contribution in [0.25, 0.3) is 0 Å². The van der Waals surface area contributed by atoms with E-state index in [0.29, 0.717) is 0 Å². The lowest BCUT2D eigenvalue weighted by atomic mass is 10.0. The molecule has 1 aromatic carbocycles. The second kappa shape index (κ2) is 6.07. The lowest BCUT2D eigenvalue weighted by molar-refractivity contribution is 0.177. The second-order valence-electron chi connectivity index (χ2n) is 5.02. The van der Waals surface area contributed by atoms with Gasteiger partial charge < -0.3 is 19.9 Å². The maximum atomic E-state index is 9.30. The number of hydrogen-bond acceptors (Lipinski definition) is 4. The zero-order chi connectivity index (χ0) is 13.8. The van der Waals surface area contributed by atoms with Crippen molar-refractivity contribution >= 4 is 0 Å². The average Bonchev–Trinajstić information content (AvgIpc) is 2.37. The van der Waals surface area contributed by atoms with Crippen LogP contribution in [0.3, 0.4) is 0 Å². The quantitative estimate of drug-likeness (QED) is 0.815. The highest BCUT2D eigenvalue weighted by molar-refractivity contribution is 5.42. The van der Waals surface area contributed by atoms with Gasteiger partial charge in [-0.1, -0.05) is 0 Å². The van der Waals surface area contributed by atoms with Gasteiger partial charge in [-0.05, 0) is 39.0 Å². The van der Waals surface area contributed by atoms with Gasteiger partial charge in [-0.15, -0.1) is 0 Å². The molecule has 0 aliphatic carbocycles. The Balaban J connectivity index is 2.99. The van der Waals surface area contributed by atoms with Crippen molar-refractivity contribution in [1.82, 2.24) is 5.32 Å². The van der Waals surface area contributed by atoms with Crippen molar-refractivity contribution in [2.24, 2.45) is 0 Å². The number of benzene rings is 1. The fraction of sp³-hybridized carbons (Fsp3) is 0.571. The van der Waals surface area contributed by atoms with E-state index in [1.807, 2.05) is 39.0 Å². The van der Waals surface area contributed by atoms with Crippen LogP contribution in [0.4, 0.5) is 0 Å². The van der Waals surface area contributed by atoms with Gasteiger partial charge in [-0.3, -0.25) is 0 Å². The lowest BCUT2D eigenvalue weighted by Crippen LogP contribution is -2.44. The van der Waals surface area contributed by atoms with Gasteiger partial charge in [-0.2, -0.15) is 0 Å². The molecule has 0 heterocycles. The smallest absolute Gasteiger partial charge is 0.123 e. The molecule has 102 valence electrons. The van der Waals surface area contributed by atoms with E-state index in [9.17, 15) is 5.11 Å². The number of aliphatic hydroxyl groups excluding tert-OH is 1. The summed E-state index contributed by atoms with van der Waals surface area (Å²) in [7, 11) is 3.29. The summed E-state index contributed by atoms with van der Waals surface area (Å²) in [4.78, 5) is 0. The molecule has 1 atom stereocenters. The minimum Gasteiger partial charge on any atom is -0.497 e. The summed E-state index contributed by atoms with van der Waals surface area (Å²) in [5.41, 5.74) is 0.673. The molecule has 0 bridgehead atoms.